The van der Waals surface area contributed by atoms with E-state index in [-0.39, 0.29) is 0 Å². The average molecular weight is 265 g/mol. The molecule has 0 aliphatic heterocycles. The summed E-state index contributed by atoms with van der Waals surface area (Å²) >= 11 is 0. The molecule has 1 rings (SSSR count). The van der Waals surface area contributed by atoms with Crippen LogP contribution in [0.15, 0.2) is 23.0 Å². The van der Waals surface area contributed by atoms with Gasteiger partial charge < -0.3 is 19.2 Å². The maximum Gasteiger partial charge on any atom is 0.152 e. The van der Waals surface area contributed by atoms with Crippen LogP contribution in [0, 0.1) is 0 Å². The van der Waals surface area contributed by atoms with Gasteiger partial charge in [0.25, 0.3) is 0 Å². The molecule has 0 bridgehead atoms. The molecule has 0 aliphatic rings. The fourth-order valence-electron chi connectivity index (χ4n) is 1.72. The van der Waals surface area contributed by atoms with Crippen LogP contribution >= 0.6 is 0 Å². The van der Waals surface area contributed by atoms with Crippen LogP contribution in [0.2, 0.25) is 0 Å². The molecular formula is C15H23NO3. The summed E-state index contributed by atoms with van der Waals surface area (Å²) in [5.74, 6) is 0. The number of ether oxygens (including phenoxy) is 2. The van der Waals surface area contributed by atoms with Crippen molar-refractivity contribution in [3.63, 3.8) is 0 Å². The zero-order valence-corrected chi connectivity index (χ0v) is 12.2. The van der Waals surface area contributed by atoms with Gasteiger partial charge in [-0.3, -0.25) is 0 Å². The second-order valence-corrected chi connectivity index (χ2v) is 4.62. The Kier molecular flexibility index (Phi) is 6.22. The van der Waals surface area contributed by atoms with Gasteiger partial charge in [0.1, 0.15) is 0 Å². The summed E-state index contributed by atoms with van der Waals surface area (Å²) in [5, 5.41) is 4.19. The van der Waals surface area contributed by atoms with Gasteiger partial charge in [-0.05, 0) is 26.8 Å². The normalized spacial score (nSPS) is 13.1. The molecule has 1 aromatic heterocycles. The SMILES string of the molecule is C=c1c(COC/C=C/OC)co/c1=C(/C)NC(C)C. The Balaban J connectivity index is 2.71. The fourth-order valence-corrected chi connectivity index (χ4v) is 1.72. The molecule has 0 aromatic carbocycles. The average Bonchev–Trinajstić information content (AvgIpc) is 2.70. The lowest BCUT2D eigenvalue weighted by Crippen LogP contribution is -2.31. The first-order chi connectivity index (χ1) is 9.06. The highest BCUT2D eigenvalue weighted by molar-refractivity contribution is 5.38. The maximum absolute atomic E-state index is 5.55. The molecule has 0 aliphatic carbocycles. The van der Waals surface area contributed by atoms with Gasteiger partial charge in [0, 0.05) is 16.8 Å². The third-order valence-corrected chi connectivity index (χ3v) is 2.53. The predicted molar refractivity (Wildman–Crippen MR) is 76.6 cm³/mol. The fraction of sp³-hybridized carbons (Fsp3) is 0.467. The van der Waals surface area contributed by atoms with E-state index in [9.17, 15) is 0 Å². The number of methoxy groups -OCH3 is 1. The molecule has 0 amide bonds. The lowest BCUT2D eigenvalue weighted by molar-refractivity contribution is 0.145. The van der Waals surface area contributed by atoms with E-state index in [0.29, 0.717) is 19.3 Å². The van der Waals surface area contributed by atoms with Crippen molar-refractivity contribution in [2.24, 2.45) is 0 Å². The lowest BCUT2D eigenvalue weighted by Gasteiger charge is -2.08. The summed E-state index contributed by atoms with van der Waals surface area (Å²) in [7, 11) is 1.60. The molecule has 0 saturated heterocycles. The third kappa shape index (κ3) is 4.83. The van der Waals surface area contributed by atoms with E-state index in [1.165, 1.54) is 0 Å². The van der Waals surface area contributed by atoms with Crippen LogP contribution in [0.4, 0.5) is 0 Å². The Morgan fingerprint density at radius 1 is 1.53 bits per heavy atom. The van der Waals surface area contributed by atoms with E-state index in [0.717, 1.165) is 21.9 Å². The highest BCUT2D eigenvalue weighted by Gasteiger charge is 2.03. The molecule has 0 spiro atoms. The lowest BCUT2D eigenvalue weighted by atomic mass is 10.2. The number of furan rings is 1. The molecule has 19 heavy (non-hydrogen) atoms. The Labute approximate surface area is 114 Å². The van der Waals surface area contributed by atoms with Crippen LogP contribution < -0.4 is 16.0 Å². The summed E-state index contributed by atoms with van der Waals surface area (Å²) in [5.41, 5.74) is 2.75. The zero-order chi connectivity index (χ0) is 14.3. The first kappa shape index (κ1) is 15.4. The van der Waals surface area contributed by atoms with Crippen molar-refractivity contribution in [2.75, 3.05) is 13.7 Å². The van der Waals surface area contributed by atoms with Crippen molar-refractivity contribution in [2.45, 2.75) is 33.4 Å². The van der Waals surface area contributed by atoms with Crippen LogP contribution in [0.5, 0.6) is 0 Å². The summed E-state index contributed by atoms with van der Waals surface area (Å²) in [6, 6.07) is 0.364. The number of hydrogen-bond acceptors (Lipinski definition) is 4. The predicted octanol–water partition coefficient (Wildman–Crippen LogP) is 1.49. The van der Waals surface area contributed by atoms with Crippen LogP contribution in [0.25, 0.3) is 12.3 Å². The summed E-state index contributed by atoms with van der Waals surface area (Å²) in [6.07, 6.45) is 5.10. The van der Waals surface area contributed by atoms with E-state index >= 15 is 0 Å². The minimum absolute atomic E-state index is 0.364. The Bertz CT molecular complexity index is 514. The molecule has 1 N–H and O–H groups in total. The third-order valence-electron chi connectivity index (χ3n) is 2.53. The van der Waals surface area contributed by atoms with Gasteiger partial charge in [0.15, 0.2) is 5.42 Å². The van der Waals surface area contributed by atoms with Crippen LogP contribution in [-0.2, 0) is 16.1 Å². The standard InChI is InChI=1S/C15H23NO3/c1-11(2)16-13(4)15-12(3)14(10-19-15)9-18-8-6-7-17-5/h6-7,10-11,16H,3,8-9H2,1-2,4-5H3/b7-6+,15-13-. The topological polar surface area (TPSA) is 43.6 Å². The molecule has 4 heteroatoms. The monoisotopic (exact) mass is 265 g/mol. The molecule has 0 unspecified atom stereocenters. The van der Waals surface area contributed by atoms with Crippen molar-refractivity contribution < 1.29 is 13.9 Å². The zero-order valence-electron chi connectivity index (χ0n) is 12.2. The number of nitrogens with one attached hydrogen (secondary N) is 1. The van der Waals surface area contributed by atoms with Gasteiger partial charge in [-0.1, -0.05) is 6.58 Å². The molecule has 1 heterocycles. The Hall–Kier alpha value is -1.68. The highest BCUT2D eigenvalue weighted by atomic mass is 16.5. The largest absolute Gasteiger partial charge is 0.505 e. The smallest absolute Gasteiger partial charge is 0.152 e. The molecule has 106 valence electrons. The molecule has 0 saturated carbocycles. The van der Waals surface area contributed by atoms with Crippen molar-refractivity contribution in [3.8, 4) is 0 Å². The first-order valence-corrected chi connectivity index (χ1v) is 6.34. The second kappa shape index (κ2) is 7.69. The van der Waals surface area contributed by atoms with Crippen LogP contribution in [0.1, 0.15) is 26.3 Å². The van der Waals surface area contributed by atoms with E-state index in [2.05, 4.69) is 25.7 Å². The summed E-state index contributed by atoms with van der Waals surface area (Å²) < 4.78 is 15.8. The van der Waals surface area contributed by atoms with Gasteiger partial charge in [-0.25, -0.2) is 0 Å². The molecule has 0 fully saturated rings. The molecule has 0 radical (unpaired) electrons. The van der Waals surface area contributed by atoms with Crippen LogP contribution in [-0.4, -0.2) is 19.8 Å². The van der Waals surface area contributed by atoms with Crippen molar-refractivity contribution in [1.82, 2.24) is 5.32 Å². The Morgan fingerprint density at radius 2 is 2.26 bits per heavy atom. The van der Waals surface area contributed by atoms with Crippen molar-refractivity contribution >= 4 is 12.3 Å². The molecular weight excluding hydrogens is 242 g/mol. The van der Waals surface area contributed by atoms with E-state index in [1.807, 2.05) is 6.92 Å². The first-order valence-electron chi connectivity index (χ1n) is 6.34. The Morgan fingerprint density at radius 3 is 2.89 bits per heavy atom. The highest BCUT2D eigenvalue weighted by Crippen LogP contribution is 1.95. The van der Waals surface area contributed by atoms with E-state index < -0.39 is 0 Å². The quantitative estimate of drug-likeness (QED) is 0.599. The van der Waals surface area contributed by atoms with Gasteiger partial charge in [-0.15, -0.1) is 0 Å². The minimum atomic E-state index is 0.364. The van der Waals surface area contributed by atoms with E-state index in [4.69, 9.17) is 13.9 Å². The summed E-state index contributed by atoms with van der Waals surface area (Å²) in [4.78, 5) is 0. The molecule has 0 atom stereocenters. The summed E-state index contributed by atoms with van der Waals surface area (Å²) in [6.45, 7) is 11.2. The number of hydrogen-bond donors (Lipinski definition) is 1. The van der Waals surface area contributed by atoms with Crippen molar-refractivity contribution in [1.29, 1.82) is 0 Å². The molecule has 1 aromatic rings. The van der Waals surface area contributed by atoms with Gasteiger partial charge in [-0.2, -0.15) is 0 Å². The van der Waals surface area contributed by atoms with Gasteiger partial charge >= 0.3 is 0 Å². The maximum atomic E-state index is 5.55. The second-order valence-electron chi connectivity index (χ2n) is 4.62. The minimum Gasteiger partial charge on any atom is -0.505 e. The number of rotatable bonds is 7. The van der Waals surface area contributed by atoms with Crippen LogP contribution in [0.3, 0.4) is 0 Å². The van der Waals surface area contributed by atoms with Gasteiger partial charge in [0.2, 0.25) is 0 Å². The molecule has 4 nitrogen and oxygen atoms in total. The van der Waals surface area contributed by atoms with Crippen molar-refractivity contribution in [3.05, 3.63) is 34.8 Å². The van der Waals surface area contributed by atoms with Gasteiger partial charge in [0.05, 0.1) is 38.5 Å². The van der Waals surface area contributed by atoms with E-state index in [1.54, 1.807) is 25.7 Å².